The second-order valence-corrected chi connectivity index (χ2v) is 6.29. The lowest BCUT2D eigenvalue weighted by molar-refractivity contribution is -0.158. The fraction of sp³-hybridized carbons (Fsp3) is 0.786. The van der Waals surface area contributed by atoms with Crippen molar-refractivity contribution >= 4 is 5.97 Å². The molecule has 0 bridgehead atoms. The van der Waals surface area contributed by atoms with E-state index in [0.29, 0.717) is 11.8 Å². The van der Waals surface area contributed by atoms with Gasteiger partial charge in [0.1, 0.15) is 0 Å². The summed E-state index contributed by atoms with van der Waals surface area (Å²) in [6, 6.07) is 0. The lowest BCUT2D eigenvalue weighted by Crippen LogP contribution is -2.33. The molecule has 2 aliphatic rings. The Hall–Kier alpha value is -0.830. The van der Waals surface area contributed by atoms with Crippen LogP contribution in [0.25, 0.3) is 0 Å². The van der Waals surface area contributed by atoms with Gasteiger partial charge in [-0.15, -0.1) is 0 Å². The number of esters is 1. The molecule has 3 atom stereocenters. The van der Waals surface area contributed by atoms with Gasteiger partial charge in [0.05, 0.1) is 12.2 Å². The molecule has 2 heterocycles. The van der Waals surface area contributed by atoms with Gasteiger partial charge in [-0.3, -0.25) is 4.79 Å². The van der Waals surface area contributed by atoms with E-state index >= 15 is 0 Å². The second-order valence-electron chi connectivity index (χ2n) is 6.29. The van der Waals surface area contributed by atoms with Crippen molar-refractivity contribution in [2.75, 3.05) is 0 Å². The number of ether oxygens (including phenoxy) is 2. The fourth-order valence-corrected chi connectivity index (χ4v) is 2.44. The maximum Gasteiger partial charge on any atom is 0.306 e. The minimum absolute atomic E-state index is 0.0465. The molecule has 96 valence electrons. The Kier molecular flexibility index (Phi) is 3.30. The van der Waals surface area contributed by atoms with Gasteiger partial charge in [-0.1, -0.05) is 27.4 Å². The van der Waals surface area contributed by atoms with E-state index in [2.05, 4.69) is 27.4 Å². The zero-order chi connectivity index (χ0) is 12.6. The predicted octanol–water partition coefficient (Wildman–Crippen LogP) is 2.84. The van der Waals surface area contributed by atoms with Gasteiger partial charge in [0, 0.05) is 6.42 Å². The maximum absolute atomic E-state index is 11.3. The van der Waals surface area contributed by atoms with Gasteiger partial charge in [0.2, 0.25) is 0 Å². The van der Waals surface area contributed by atoms with Crippen LogP contribution in [0, 0.1) is 5.41 Å². The largest absolute Gasteiger partial charge is 0.455 e. The summed E-state index contributed by atoms with van der Waals surface area (Å²) in [5.41, 5.74) is 1.25. The first-order valence-electron chi connectivity index (χ1n) is 6.40. The van der Waals surface area contributed by atoms with Crippen LogP contribution in [0.4, 0.5) is 0 Å². The van der Waals surface area contributed by atoms with Crippen LogP contribution in [0.2, 0.25) is 0 Å². The first-order chi connectivity index (χ1) is 7.87. The summed E-state index contributed by atoms with van der Waals surface area (Å²) in [5.74, 6) is -0.118. The van der Waals surface area contributed by atoms with Crippen LogP contribution in [0.1, 0.15) is 46.5 Å². The fourth-order valence-electron chi connectivity index (χ4n) is 2.44. The Bertz CT molecular complexity index is 327. The van der Waals surface area contributed by atoms with E-state index in [9.17, 15) is 4.79 Å². The number of carbonyl (C=O) groups is 1. The molecule has 0 N–H and O–H groups in total. The molecule has 3 heteroatoms. The quantitative estimate of drug-likeness (QED) is 0.548. The molecule has 1 unspecified atom stereocenters. The summed E-state index contributed by atoms with van der Waals surface area (Å²) in [4.78, 5) is 11.3. The molecule has 0 spiro atoms. The minimum atomic E-state index is -0.193. The summed E-state index contributed by atoms with van der Waals surface area (Å²) in [6.45, 7) is 10.7. The highest BCUT2D eigenvalue weighted by molar-refractivity contribution is 5.71. The van der Waals surface area contributed by atoms with Gasteiger partial charge in [0.15, 0.2) is 6.10 Å². The summed E-state index contributed by atoms with van der Waals surface area (Å²) in [7, 11) is 0. The Morgan fingerprint density at radius 3 is 2.76 bits per heavy atom. The number of carbonyl (C=O) groups excluding carboxylic acids is 1. The number of fused-ring (bicyclic) bond motifs is 1. The molecule has 0 aromatic heterocycles. The monoisotopic (exact) mass is 238 g/mol. The third kappa shape index (κ3) is 2.89. The normalized spacial score (nSPS) is 33.5. The van der Waals surface area contributed by atoms with Crippen LogP contribution in [0.5, 0.6) is 0 Å². The molecule has 0 aliphatic carbocycles. The number of rotatable bonds is 2. The Balaban J connectivity index is 1.94. The van der Waals surface area contributed by atoms with Gasteiger partial charge >= 0.3 is 5.97 Å². The number of hydrogen-bond acceptors (Lipinski definition) is 3. The SMILES string of the molecule is C=C1C(CCC(C)(C)C)O[C@H]2CCC(=O)O[C@@H]12. The average Bonchev–Trinajstić information content (AvgIpc) is 2.52. The van der Waals surface area contributed by atoms with E-state index < -0.39 is 0 Å². The third-order valence-corrected chi connectivity index (χ3v) is 3.50. The highest BCUT2D eigenvalue weighted by Gasteiger charge is 2.43. The van der Waals surface area contributed by atoms with Crippen LogP contribution >= 0.6 is 0 Å². The molecule has 0 aromatic rings. The lowest BCUT2D eigenvalue weighted by Gasteiger charge is -2.23. The Morgan fingerprint density at radius 2 is 2.12 bits per heavy atom. The van der Waals surface area contributed by atoms with Crippen LogP contribution in [-0.2, 0) is 14.3 Å². The second kappa shape index (κ2) is 4.45. The predicted molar refractivity (Wildman–Crippen MR) is 65.6 cm³/mol. The Morgan fingerprint density at radius 1 is 1.41 bits per heavy atom. The molecule has 17 heavy (non-hydrogen) atoms. The summed E-state index contributed by atoms with van der Waals surface area (Å²) >= 11 is 0. The van der Waals surface area contributed by atoms with Gasteiger partial charge in [-0.2, -0.15) is 0 Å². The van der Waals surface area contributed by atoms with Gasteiger partial charge in [-0.25, -0.2) is 0 Å². The van der Waals surface area contributed by atoms with Crippen molar-refractivity contribution in [1.29, 1.82) is 0 Å². The van der Waals surface area contributed by atoms with E-state index in [1.54, 1.807) is 0 Å². The summed E-state index contributed by atoms with van der Waals surface area (Å²) < 4.78 is 11.3. The highest BCUT2D eigenvalue weighted by Crippen LogP contribution is 2.37. The molecular formula is C14H22O3. The lowest BCUT2D eigenvalue weighted by atomic mass is 9.87. The molecule has 2 fully saturated rings. The van der Waals surface area contributed by atoms with Crippen molar-refractivity contribution in [2.45, 2.75) is 64.8 Å². The molecule has 0 amide bonds. The third-order valence-electron chi connectivity index (χ3n) is 3.50. The van der Waals surface area contributed by atoms with Gasteiger partial charge in [-0.05, 0) is 30.3 Å². The van der Waals surface area contributed by atoms with Crippen LogP contribution in [-0.4, -0.2) is 24.3 Å². The molecule has 0 radical (unpaired) electrons. The molecule has 2 rings (SSSR count). The first-order valence-corrected chi connectivity index (χ1v) is 6.40. The van der Waals surface area contributed by atoms with Crippen molar-refractivity contribution in [2.24, 2.45) is 5.41 Å². The Labute approximate surface area is 103 Å². The topological polar surface area (TPSA) is 35.5 Å². The van der Waals surface area contributed by atoms with E-state index in [0.717, 1.165) is 24.8 Å². The standard InChI is InChI=1S/C14H22O3/c1-9-10(7-8-14(2,3)4)16-11-5-6-12(15)17-13(9)11/h10-11,13H,1,5-8H2,2-4H3/t10?,11-,13-/m0/s1. The van der Waals surface area contributed by atoms with Gasteiger partial charge in [0.25, 0.3) is 0 Å². The zero-order valence-corrected chi connectivity index (χ0v) is 11.0. The van der Waals surface area contributed by atoms with Crippen molar-refractivity contribution < 1.29 is 14.3 Å². The van der Waals surface area contributed by atoms with E-state index in [-0.39, 0.29) is 24.3 Å². The van der Waals surface area contributed by atoms with Crippen molar-refractivity contribution in [3.63, 3.8) is 0 Å². The summed E-state index contributed by atoms with van der Waals surface area (Å²) in [6.07, 6.45) is 3.22. The molecule has 2 saturated heterocycles. The minimum Gasteiger partial charge on any atom is -0.455 e. The van der Waals surface area contributed by atoms with Crippen molar-refractivity contribution in [1.82, 2.24) is 0 Å². The highest BCUT2D eigenvalue weighted by atomic mass is 16.6. The molecule has 3 nitrogen and oxygen atoms in total. The molecular weight excluding hydrogens is 216 g/mol. The summed E-state index contributed by atoms with van der Waals surface area (Å²) in [5, 5.41) is 0. The van der Waals surface area contributed by atoms with E-state index in [1.807, 2.05) is 0 Å². The van der Waals surface area contributed by atoms with E-state index in [4.69, 9.17) is 9.47 Å². The van der Waals surface area contributed by atoms with Crippen LogP contribution < -0.4 is 0 Å². The van der Waals surface area contributed by atoms with E-state index in [1.165, 1.54) is 0 Å². The zero-order valence-electron chi connectivity index (χ0n) is 11.0. The molecule has 0 saturated carbocycles. The average molecular weight is 238 g/mol. The van der Waals surface area contributed by atoms with Crippen molar-refractivity contribution in [3.05, 3.63) is 12.2 Å². The van der Waals surface area contributed by atoms with Crippen LogP contribution in [0.3, 0.4) is 0 Å². The maximum atomic E-state index is 11.3. The first kappa shape index (κ1) is 12.6. The van der Waals surface area contributed by atoms with Crippen molar-refractivity contribution in [3.8, 4) is 0 Å². The van der Waals surface area contributed by atoms with Crippen LogP contribution in [0.15, 0.2) is 12.2 Å². The smallest absolute Gasteiger partial charge is 0.306 e. The molecule has 0 aromatic carbocycles. The van der Waals surface area contributed by atoms with Gasteiger partial charge < -0.3 is 9.47 Å². The molecule has 2 aliphatic heterocycles. The number of hydrogen-bond donors (Lipinski definition) is 0.